The third-order valence-corrected chi connectivity index (χ3v) is 7.76. The number of aliphatic hydroxyl groups excluding tert-OH is 2. The summed E-state index contributed by atoms with van der Waals surface area (Å²) in [5.74, 6) is 0.832. The largest absolute Gasteiger partial charge is 0.395 e. The van der Waals surface area contributed by atoms with Gasteiger partial charge in [0.25, 0.3) is 0 Å². The predicted molar refractivity (Wildman–Crippen MR) is 115 cm³/mol. The van der Waals surface area contributed by atoms with Crippen LogP contribution in [0.4, 0.5) is 0 Å². The predicted octanol–water partition coefficient (Wildman–Crippen LogP) is 2.15. The number of fused-ring (bicyclic) bond motifs is 1. The van der Waals surface area contributed by atoms with Gasteiger partial charge < -0.3 is 15.1 Å². The monoisotopic (exact) mass is 392 g/mol. The zero-order chi connectivity index (χ0) is 20.0. The van der Waals surface area contributed by atoms with E-state index >= 15 is 0 Å². The lowest BCUT2D eigenvalue weighted by molar-refractivity contribution is 0.113. The number of aliphatic hydroxyl groups is 2. The van der Waals surface area contributed by atoms with Crippen molar-refractivity contribution < 1.29 is 10.2 Å². The summed E-state index contributed by atoms with van der Waals surface area (Å²) in [6.07, 6.45) is 1.91. The maximum absolute atomic E-state index is 11.3. The van der Waals surface area contributed by atoms with Gasteiger partial charge in [-0.1, -0.05) is 54.6 Å². The first kappa shape index (κ1) is 19.3. The molecule has 2 fully saturated rings. The van der Waals surface area contributed by atoms with Gasteiger partial charge in [-0.15, -0.1) is 0 Å². The molecule has 0 bridgehead atoms. The highest BCUT2D eigenvalue weighted by Crippen LogP contribution is 2.69. The van der Waals surface area contributed by atoms with Crippen molar-refractivity contribution in [3.05, 3.63) is 71.3 Å². The lowest BCUT2D eigenvalue weighted by atomic mass is 9.95. The van der Waals surface area contributed by atoms with Crippen molar-refractivity contribution in [1.82, 2.24) is 9.80 Å². The van der Waals surface area contributed by atoms with Crippen LogP contribution in [0.15, 0.2) is 54.6 Å². The summed E-state index contributed by atoms with van der Waals surface area (Å²) < 4.78 is 0. The van der Waals surface area contributed by atoms with Crippen LogP contribution in [0.25, 0.3) is 0 Å². The number of likely N-dealkylation sites (tertiary alicyclic amines) is 1. The number of β-amino-alcohol motifs (C(OH)–C–C–N with tert-alkyl or cyclic N) is 1. The molecule has 1 heterocycles. The summed E-state index contributed by atoms with van der Waals surface area (Å²) in [7, 11) is 2.08. The van der Waals surface area contributed by atoms with Crippen LogP contribution in [-0.2, 0) is 12.8 Å². The summed E-state index contributed by atoms with van der Waals surface area (Å²) in [6, 6.07) is 20.0. The van der Waals surface area contributed by atoms with Crippen molar-refractivity contribution in [3.8, 4) is 0 Å². The smallest absolute Gasteiger partial charge is 0.0744 e. The van der Waals surface area contributed by atoms with Gasteiger partial charge in [-0.25, -0.2) is 0 Å². The minimum absolute atomic E-state index is 0.0557. The summed E-state index contributed by atoms with van der Waals surface area (Å²) in [4.78, 5) is 4.78. The van der Waals surface area contributed by atoms with E-state index in [2.05, 4.69) is 71.4 Å². The van der Waals surface area contributed by atoms with Gasteiger partial charge in [0.1, 0.15) is 0 Å². The first-order valence-corrected chi connectivity index (χ1v) is 11.0. The third-order valence-electron chi connectivity index (χ3n) is 7.76. The van der Waals surface area contributed by atoms with E-state index in [1.807, 2.05) is 0 Å². The second-order valence-electron chi connectivity index (χ2n) is 9.37. The van der Waals surface area contributed by atoms with Gasteiger partial charge >= 0.3 is 0 Å². The SMILES string of the molecule is CN(CCO)C[C@@H]1[C@@H](c2ccccc2)[C@]12CN(C1Cc3ccccc3C1)C[C@@H]2O. The second-order valence-corrected chi connectivity index (χ2v) is 9.37. The van der Waals surface area contributed by atoms with E-state index in [1.165, 1.54) is 16.7 Å². The van der Waals surface area contributed by atoms with E-state index in [4.69, 9.17) is 0 Å². The normalized spacial score (nSPS) is 31.7. The van der Waals surface area contributed by atoms with Gasteiger partial charge in [0.2, 0.25) is 0 Å². The molecule has 154 valence electrons. The number of benzene rings is 2. The molecule has 5 rings (SSSR count). The molecule has 1 saturated carbocycles. The van der Waals surface area contributed by atoms with Crippen molar-refractivity contribution in [2.75, 3.05) is 39.8 Å². The number of nitrogens with zero attached hydrogens (tertiary/aromatic N) is 2. The highest BCUT2D eigenvalue weighted by Gasteiger charge is 2.71. The summed E-state index contributed by atoms with van der Waals surface area (Å²) >= 11 is 0. The van der Waals surface area contributed by atoms with Crippen molar-refractivity contribution in [2.24, 2.45) is 11.3 Å². The molecule has 4 nitrogen and oxygen atoms in total. The van der Waals surface area contributed by atoms with Gasteiger partial charge in [0.15, 0.2) is 0 Å². The third kappa shape index (κ3) is 3.23. The first-order valence-electron chi connectivity index (χ1n) is 11.0. The zero-order valence-electron chi connectivity index (χ0n) is 17.2. The Hall–Kier alpha value is -1.72. The molecule has 1 aliphatic heterocycles. The Morgan fingerprint density at radius 3 is 2.34 bits per heavy atom. The van der Waals surface area contributed by atoms with Crippen molar-refractivity contribution >= 4 is 0 Å². The Balaban J connectivity index is 1.37. The Morgan fingerprint density at radius 2 is 1.69 bits per heavy atom. The van der Waals surface area contributed by atoms with E-state index in [0.29, 0.717) is 24.4 Å². The van der Waals surface area contributed by atoms with Crippen LogP contribution in [0.5, 0.6) is 0 Å². The fourth-order valence-corrected chi connectivity index (χ4v) is 6.27. The highest BCUT2D eigenvalue weighted by molar-refractivity contribution is 5.38. The van der Waals surface area contributed by atoms with Crippen LogP contribution >= 0.6 is 0 Å². The Kier molecular flexibility index (Phi) is 4.99. The van der Waals surface area contributed by atoms with Crippen molar-refractivity contribution in [3.63, 3.8) is 0 Å². The lowest BCUT2D eigenvalue weighted by Crippen LogP contribution is -2.35. The van der Waals surface area contributed by atoms with Gasteiger partial charge in [-0.05, 0) is 48.4 Å². The van der Waals surface area contributed by atoms with E-state index in [0.717, 1.165) is 32.5 Å². The molecule has 1 spiro atoms. The van der Waals surface area contributed by atoms with Crippen LogP contribution < -0.4 is 0 Å². The molecule has 0 aromatic heterocycles. The number of likely N-dealkylation sites (N-methyl/N-ethyl adjacent to an activating group) is 1. The van der Waals surface area contributed by atoms with E-state index < -0.39 is 0 Å². The van der Waals surface area contributed by atoms with Crippen LogP contribution in [0, 0.1) is 11.3 Å². The zero-order valence-corrected chi connectivity index (χ0v) is 17.2. The Morgan fingerprint density at radius 1 is 1.03 bits per heavy atom. The van der Waals surface area contributed by atoms with Crippen LogP contribution in [-0.4, -0.2) is 72.0 Å². The Labute approximate surface area is 173 Å². The standard InChI is InChI=1S/C25H32N2O2/c1-26(11-12-28)15-22-24(18-7-3-2-4-8-18)25(22)17-27(16-23(25)29)21-13-19-9-5-6-10-20(19)14-21/h2-10,21-24,28-29H,11-17H2,1H3/t22-,23+,24-,25-/m1/s1. The molecule has 2 aromatic rings. The molecule has 0 unspecified atom stereocenters. The van der Waals surface area contributed by atoms with E-state index in [-0.39, 0.29) is 18.1 Å². The second kappa shape index (κ2) is 7.51. The molecule has 3 aliphatic rings. The van der Waals surface area contributed by atoms with Crippen molar-refractivity contribution in [1.29, 1.82) is 0 Å². The fraction of sp³-hybridized carbons (Fsp3) is 0.520. The van der Waals surface area contributed by atoms with Crippen LogP contribution in [0.3, 0.4) is 0 Å². The van der Waals surface area contributed by atoms with Gasteiger partial charge in [-0.3, -0.25) is 4.90 Å². The van der Waals surface area contributed by atoms with E-state index in [1.54, 1.807) is 0 Å². The molecule has 2 N–H and O–H groups in total. The van der Waals surface area contributed by atoms with Crippen molar-refractivity contribution in [2.45, 2.75) is 30.9 Å². The summed E-state index contributed by atoms with van der Waals surface area (Å²) in [5, 5.41) is 20.6. The first-order chi connectivity index (χ1) is 14.1. The topological polar surface area (TPSA) is 46.9 Å². The molecule has 2 aliphatic carbocycles. The molecule has 29 heavy (non-hydrogen) atoms. The van der Waals surface area contributed by atoms with Gasteiger partial charge in [0.05, 0.1) is 12.7 Å². The Bertz CT molecular complexity index is 832. The number of rotatable bonds is 6. The maximum atomic E-state index is 11.3. The molecule has 4 atom stereocenters. The van der Waals surface area contributed by atoms with Gasteiger partial charge in [0, 0.05) is 37.6 Å². The van der Waals surface area contributed by atoms with Gasteiger partial charge in [-0.2, -0.15) is 0 Å². The number of hydrogen-bond acceptors (Lipinski definition) is 4. The minimum atomic E-state index is -0.288. The summed E-state index contributed by atoms with van der Waals surface area (Å²) in [5.41, 5.74) is 4.25. The van der Waals surface area contributed by atoms with Crippen LogP contribution in [0.2, 0.25) is 0 Å². The quantitative estimate of drug-likeness (QED) is 0.791. The molecule has 4 heteroatoms. The van der Waals surface area contributed by atoms with Crippen LogP contribution in [0.1, 0.15) is 22.6 Å². The molecule has 2 aromatic carbocycles. The average Bonchev–Trinajstić information content (AvgIpc) is 3.02. The molecular weight excluding hydrogens is 360 g/mol. The lowest BCUT2D eigenvalue weighted by Gasteiger charge is -2.24. The highest BCUT2D eigenvalue weighted by atomic mass is 16.3. The van der Waals surface area contributed by atoms with E-state index in [9.17, 15) is 10.2 Å². The maximum Gasteiger partial charge on any atom is 0.0744 e. The molecule has 1 saturated heterocycles. The fourth-order valence-electron chi connectivity index (χ4n) is 6.27. The average molecular weight is 393 g/mol. The molecule has 0 amide bonds. The number of hydrogen-bond donors (Lipinski definition) is 2. The minimum Gasteiger partial charge on any atom is -0.395 e. The molecular formula is C25H32N2O2. The molecule has 0 radical (unpaired) electrons. The summed E-state index contributed by atoms with van der Waals surface area (Å²) in [6.45, 7) is 3.55.